The van der Waals surface area contributed by atoms with Crippen LogP contribution in [0.25, 0.3) is 0 Å². The van der Waals surface area contributed by atoms with Crippen molar-refractivity contribution < 1.29 is 5.11 Å². The highest BCUT2D eigenvalue weighted by Crippen LogP contribution is 2.34. The lowest BCUT2D eigenvalue weighted by atomic mass is 9.99. The third-order valence-electron chi connectivity index (χ3n) is 2.44. The molecule has 2 nitrogen and oxygen atoms in total. The minimum absolute atomic E-state index is 0.167. The van der Waals surface area contributed by atoms with Crippen molar-refractivity contribution in [3.05, 3.63) is 20.3 Å². The topological polar surface area (TPSA) is 46.2 Å². The number of hydrogen-bond donors (Lipinski definition) is 2. The summed E-state index contributed by atoms with van der Waals surface area (Å²) in [5.74, 6) is 0.167. The second kappa shape index (κ2) is 5.26. The lowest BCUT2D eigenvalue weighted by Gasteiger charge is -2.18. The van der Waals surface area contributed by atoms with Crippen LogP contribution in [-0.2, 0) is 0 Å². The molecule has 2 atom stereocenters. The minimum atomic E-state index is -0.417. The number of nitrogens with two attached hydrogens (primary N) is 1. The molecule has 0 radical (unpaired) electrons. The van der Waals surface area contributed by atoms with Gasteiger partial charge in [-0.3, -0.25) is 0 Å². The lowest BCUT2D eigenvalue weighted by molar-refractivity contribution is 0.113. The van der Waals surface area contributed by atoms with Crippen LogP contribution in [0.3, 0.4) is 0 Å². The van der Waals surface area contributed by atoms with Crippen LogP contribution in [0.4, 0.5) is 0 Å². The molecule has 4 heteroatoms. The first-order valence-electron chi connectivity index (χ1n) is 4.74. The first-order valence-corrected chi connectivity index (χ1v) is 6.35. The lowest BCUT2D eigenvalue weighted by Crippen LogP contribution is -2.20. The van der Waals surface area contributed by atoms with Crippen LogP contribution in [0.15, 0.2) is 10.5 Å². The summed E-state index contributed by atoms with van der Waals surface area (Å²) in [6.07, 6.45) is 0.492. The predicted octanol–water partition coefficient (Wildman–Crippen LogP) is 2.84. The Morgan fingerprint density at radius 1 is 1.64 bits per heavy atom. The highest BCUT2D eigenvalue weighted by atomic mass is 79.9. The van der Waals surface area contributed by atoms with Crippen molar-refractivity contribution in [1.82, 2.24) is 0 Å². The fourth-order valence-corrected chi connectivity index (χ4v) is 3.02. The Morgan fingerprint density at radius 3 is 2.64 bits per heavy atom. The zero-order valence-corrected chi connectivity index (χ0v) is 10.9. The smallest absolute Gasteiger partial charge is 0.0922 e. The van der Waals surface area contributed by atoms with Crippen molar-refractivity contribution in [2.75, 3.05) is 6.54 Å². The Balaban J connectivity index is 2.82. The van der Waals surface area contributed by atoms with E-state index in [1.165, 1.54) is 4.88 Å². The molecule has 0 bridgehead atoms. The minimum Gasteiger partial charge on any atom is -0.387 e. The summed E-state index contributed by atoms with van der Waals surface area (Å²) in [4.78, 5) is 2.21. The summed E-state index contributed by atoms with van der Waals surface area (Å²) < 4.78 is 1.07. The number of thiophene rings is 1. The van der Waals surface area contributed by atoms with Gasteiger partial charge in [-0.05, 0) is 41.9 Å². The molecule has 0 saturated heterocycles. The molecule has 0 aromatic carbocycles. The van der Waals surface area contributed by atoms with Crippen LogP contribution in [0.2, 0.25) is 0 Å². The zero-order chi connectivity index (χ0) is 10.7. The molecule has 0 saturated carbocycles. The zero-order valence-electron chi connectivity index (χ0n) is 8.46. The molecule has 80 valence electrons. The number of rotatable bonds is 4. The van der Waals surface area contributed by atoms with Crippen molar-refractivity contribution in [2.24, 2.45) is 11.7 Å². The van der Waals surface area contributed by atoms with E-state index in [4.69, 9.17) is 5.73 Å². The molecule has 0 aliphatic rings. The third kappa shape index (κ3) is 2.57. The van der Waals surface area contributed by atoms with Crippen molar-refractivity contribution in [3.8, 4) is 0 Å². The van der Waals surface area contributed by atoms with E-state index < -0.39 is 6.10 Å². The van der Waals surface area contributed by atoms with Crippen LogP contribution in [0.5, 0.6) is 0 Å². The molecule has 1 rings (SSSR count). The van der Waals surface area contributed by atoms with E-state index in [-0.39, 0.29) is 5.92 Å². The largest absolute Gasteiger partial charge is 0.387 e. The van der Waals surface area contributed by atoms with Gasteiger partial charge in [-0.15, -0.1) is 11.3 Å². The van der Waals surface area contributed by atoms with Crippen molar-refractivity contribution >= 4 is 27.3 Å². The quantitative estimate of drug-likeness (QED) is 0.889. The Bertz CT molecular complexity index is 277. The molecule has 2 unspecified atom stereocenters. The van der Waals surface area contributed by atoms with Gasteiger partial charge in [0.05, 0.1) is 6.10 Å². The molecule has 0 aliphatic heterocycles. The molecule has 1 heterocycles. The highest BCUT2D eigenvalue weighted by Gasteiger charge is 2.20. The monoisotopic (exact) mass is 277 g/mol. The second-order valence-corrected chi connectivity index (χ2v) is 5.54. The fourth-order valence-electron chi connectivity index (χ4n) is 1.38. The summed E-state index contributed by atoms with van der Waals surface area (Å²) in [7, 11) is 0. The summed E-state index contributed by atoms with van der Waals surface area (Å²) in [5.41, 5.74) is 5.60. The fraction of sp³-hybridized carbons (Fsp3) is 0.600. The van der Waals surface area contributed by atoms with Gasteiger partial charge in [-0.1, -0.05) is 6.92 Å². The van der Waals surface area contributed by atoms with E-state index in [1.807, 2.05) is 13.0 Å². The van der Waals surface area contributed by atoms with Crippen LogP contribution in [-0.4, -0.2) is 11.7 Å². The number of hydrogen-bond acceptors (Lipinski definition) is 3. The van der Waals surface area contributed by atoms with Crippen LogP contribution in [0, 0.1) is 12.8 Å². The summed E-state index contributed by atoms with van der Waals surface area (Å²) in [6, 6.07) is 1.99. The van der Waals surface area contributed by atoms with E-state index in [0.717, 1.165) is 15.8 Å². The molecular formula is C10H16BrNOS. The Morgan fingerprint density at radius 2 is 2.29 bits per heavy atom. The van der Waals surface area contributed by atoms with E-state index in [9.17, 15) is 5.11 Å². The van der Waals surface area contributed by atoms with E-state index in [1.54, 1.807) is 11.3 Å². The molecule has 14 heavy (non-hydrogen) atoms. The number of aryl methyl sites for hydroxylation is 1. The highest BCUT2D eigenvalue weighted by molar-refractivity contribution is 9.10. The molecule has 0 fully saturated rings. The van der Waals surface area contributed by atoms with E-state index >= 15 is 0 Å². The van der Waals surface area contributed by atoms with Gasteiger partial charge in [-0.25, -0.2) is 0 Å². The van der Waals surface area contributed by atoms with Crippen molar-refractivity contribution in [2.45, 2.75) is 26.4 Å². The van der Waals surface area contributed by atoms with Gasteiger partial charge in [0, 0.05) is 20.1 Å². The van der Waals surface area contributed by atoms with Gasteiger partial charge >= 0.3 is 0 Å². The van der Waals surface area contributed by atoms with Gasteiger partial charge in [0.25, 0.3) is 0 Å². The SMILES string of the molecule is CCC(CN)C(O)c1cc(Br)c(C)s1. The maximum absolute atomic E-state index is 10.0. The maximum atomic E-state index is 10.0. The summed E-state index contributed by atoms with van der Waals surface area (Å²) in [6.45, 7) is 4.62. The number of aliphatic hydroxyl groups excluding tert-OH is 1. The average molecular weight is 278 g/mol. The summed E-state index contributed by atoms with van der Waals surface area (Å²) in [5, 5.41) is 10.0. The van der Waals surface area contributed by atoms with Gasteiger partial charge < -0.3 is 10.8 Å². The van der Waals surface area contributed by atoms with Crippen LogP contribution >= 0.6 is 27.3 Å². The number of halogens is 1. The normalized spacial score (nSPS) is 15.5. The van der Waals surface area contributed by atoms with Crippen LogP contribution < -0.4 is 5.73 Å². The van der Waals surface area contributed by atoms with Gasteiger partial charge in [-0.2, -0.15) is 0 Å². The Kier molecular flexibility index (Phi) is 4.57. The molecule has 1 aromatic heterocycles. The molecule has 0 aliphatic carbocycles. The molecule has 3 N–H and O–H groups in total. The van der Waals surface area contributed by atoms with E-state index in [2.05, 4.69) is 22.9 Å². The molecule has 0 amide bonds. The van der Waals surface area contributed by atoms with Crippen molar-refractivity contribution in [1.29, 1.82) is 0 Å². The van der Waals surface area contributed by atoms with E-state index in [0.29, 0.717) is 6.54 Å². The molecule has 1 aromatic rings. The maximum Gasteiger partial charge on any atom is 0.0922 e. The number of aliphatic hydroxyl groups is 1. The third-order valence-corrected chi connectivity index (χ3v) is 4.65. The van der Waals surface area contributed by atoms with Gasteiger partial charge in [0.2, 0.25) is 0 Å². The van der Waals surface area contributed by atoms with Crippen molar-refractivity contribution in [3.63, 3.8) is 0 Å². The first-order chi connectivity index (χ1) is 6.60. The molecule has 0 spiro atoms. The Hall–Kier alpha value is 0.1000. The second-order valence-electron chi connectivity index (χ2n) is 3.40. The first kappa shape index (κ1) is 12.2. The van der Waals surface area contributed by atoms with Gasteiger partial charge in [0.1, 0.15) is 0 Å². The Labute approximate surface area is 97.3 Å². The standard InChI is InChI=1S/C10H16BrNOS/c1-3-7(5-12)10(13)9-4-8(11)6(2)14-9/h4,7,10,13H,3,5,12H2,1-2H3. The molecular weight excluding hydrogens is 262 g/mol. The van der Waals surface area contributed by atoms with Crippen LogP contribution in [0.1, 0.15) is 29.2 Å². The summed E-state index contributed by atoms with van der Waals surface area (Å²) >= 11 is 5.07. The van der Waals surface area contributed by atoms with Gasteiger partial charge in [0.15, 0.2) is 0 Å². The predicted molar refractivity (Wildman–Crippen MR) is 64.6 cm³/mol. The average Bonchev–Trinajstić information content (AvgIpc) is 2.49.